The third kappa shape index (κ3) is 3.31. The fourth-order valence-electron chi connectivity index (χ4n) is 2.15. The Morgan fingerprint density at radius 2 is 2.28 bits per heavy atom. The molecular formula is C14H17N3O. The number of benzene rings is 1. The molecule has 1 fully saturated rings. The second-order valence-electron chi connectivity index (χ2n) is 4.54. The molecular weight excluding hydrogens is 226 g/mol. The molecule has 0 aromatic heterocycles. The molecule has 18 heavy (non-hydrogen) atoms. The first-order valence-corrected chi connectivity index (χ1v) is 6.34. The van der Waals surface area contributed by atoms with Gasteiger partial charge in [0.2, 0.25) is 5.91 Å². The van der Waals surface area contributed by atoms with Crippen LogP contribution in [-0.4, -0.2) is 18.5 Å². The third-order valence-electron chi connectivity index (χ3n) is 3.14. The number of carbonyl (C=O) groups excluding carboxylic acids is 1. The van der Waals surface area contributed by atoms with Crippen molar-refractivity contribution in [1.82, 2.24) is 5.32 Å². The van der Waals surface area contributed by atoms with Crippen LogP contribution in [0.1, 0.15) is 31.2 Å². The number of hydrogen-bond donors (Lipinski definition) is 2. The van der Waals surface area contributed by atoms with Crippen molar-refractivity contribution in [3.8, 4) is 6.07 Å². The first-order chi connectivity index (χ1) is 8.79. The lowest BCUT2D eigenvalue weighted by Crippen LogP contribution is -2.39. The lowest BCUT2D eigenvalue weighted by Gasteiger charge is -2.15. The highest BCUT2D eigenvalue weighted by molar-refractivity contribution is 5.94. The Morgan fingerprint density at radius 1 is 1.39 bits per heavy atom. The number of nitrogens with one attached hydrogen (secondary N) is 2. The van der Waals surface area contributed by atoms with Gasteiger partial charge in [0.15, 0.2) is 0 Å². The maximum atomic E-state index is 12.1. The van der Waals surface area contributed by atoms with Gasteiger partial charge in [0.1, 0.15) is 0 Å². The van der Waals surface area contributed by atoms with Crippen LogP contribution < -0.4 is 10.6 Å². The molecule has 1 aliphatic rings. The fourth-order valence-corrected chi connectivity index (χ4v) is 2.15. The molecule has 1 aromatic rings. The van der Waals surface area contributed by atoms with Gasteiger partial charge in [-0.05, 0) is 37.6 Å². The molecule has 1 aromatic carbocycles. The maximum absolute atomic E-state index is 12.1. The lowest BCUT2D eigenvalue weighted by molar-refractivity contribution is -0.118. The number of nitrogens with zero attached hydrogens (tertiary/aromatic N) is 1. The highest BCUT2D eigenvalue weighted by Gasteiger charge is 2.19. The summed E-state index contributed by atoms with van der Waals surface area (Å²) < 4.78 is 0. The number of rotatable bonds is 2. The summed E-state index contributed by atoms with van der Waals surface area (Å²) in [5.41, 5.74) is 1.24. The minimum Gasteiger partial charge on any atom is -0.325 e. The van der Waals surface area contributed by atoms with E-state index in [-0.39, 0.29) is 11.9 Å². The molecule has 1 saturated heterocycles. The van der Waals surface area contributed by atoms with Crippen molar-refractivity contribution in [2.45, 2.75) is 31.7 Å². The summed E-state index contributed by atoms with van der Waals surface area (Å²) in [6, 6.07) is 8.93. The second-order valence-corrected chi connectivity index (χ2v) is 4.54. The average molecular weight is 243 g/mol. The summed E-state index contributed by atoms with van der Waals surface area (Å²) in [6.45, 7) is 0.899. The van der Waals surface area contributed by atoms with Gasteiger partial charge in [-0.25, -0.2) is 0 Å². The first-order valence-electron chi connectivity index (χ1n) is 6.34. The average Bonchev–Trinajstić information content (AvgIpc) is 2.68. The maximum Gasteiger partial charge on any atom is 0.241 e. The Hall–Kier alpha value is -1.86. The standard InChI is InChI=1S/C14H17N3O/c15-10-11-5-4-6-12(9-11)17-14(18)13-7-2-1-3-8-16-13/h4-6,9,13,16H,1-3,7-8H2,(H,17,18). The minimum absolute atomic E-state index is 0.00742. The number of hydrogen-bond acceptors (Lipinski definition) is 3. The van der Waals surface area contributed by atoms with Gasteiger partial charge in [-0.3, -0.25) is 4.79 Å². The Balaban J connectivity index is 1.99. The molecule has 1 atom stereocenters. The van der Waals surface area contributed by atoms with Crippen molar-refractivity contribution in [2.75, 3.05) is 11.9 Å². The number of carbonyl (C=O) groups is 1. The topological polar surface area (TPSA) is 64.9 Å². The smallest absolute Gasteiger partial charge is 0.241 e. The third-order valence-corrected chi connectivity index (χ3v) is 3.14. The molecule has 0 saturated carbocycles. The summed E-state index contributed by atoms with van der Waals surface area (Å²) in [7, 11) is 0. The molecule has 0 aliphatic carbocycles. The molecule has 4 heteroatoms. The van der Waals surface area contributed by atoms with Crippen molar-refractivity contribution in [2.24, 2.45) is 0 Å². The van der Waals surface area contributed by atoms with Gasteiger partial charge in [-0.1, -0.05) is 18.9 Å². The first kappa shape index (κ1) is 12.6. The summed E-state index contributed by atoms with van der Waals surface area (Å²) in [6.07, 6.45) is 4.28. The molecule has 0 radical (unpaired) electrons. The Labute approximate surface area is 107 Å². The van der Waals surface area contributed by atoms with Crippen molar-refractivity contribution >= 4 is 11.6 Å². The molecule has 94 valence electrons. The highest BCUT2D eigenvalue weighted by Crippen LogP contribution is 2.13. The quantitative estimate of drug-likeness (QED) is 0.835. The zero-order valence-corrected chi connectivity index (χ0v) is 10.3. The molecule has 2 N–H and O–H groups in total. The van der Waals surface area contributed by atoms with Crippen molar-refractivity contribution in [3.63, 3.8) is 0 Å². The van der Waals surface area contributed by atoms with E-state index < -0.39 is 0 Å². The van der Waals surface area contributed by atoms with Gasteiger partial charge >= 0.3 is 0 Å². The van der Waals surface area contributed by atoms with Crippen LogP contribution >= 0.6 is 0 Å². The van der Waals surface area contributed by atoms with Crippen LogP contribution in [0.15, 0.2) is 24.3 Å². The zero-order valence-electron chi connectivity index (χ0n) is 10.3. The van der Waals surface area contributed by atoms with E-state index in [1.807, 2.05) is 0 Å². The van der Waals surface area contributed by atoms with E-state index in [9.17, 15) is 4.79 Å². The fraction of sp³-hybridized carbons (Fsp3) is 0.429. The molecule has 0 bridgehead atoms. The van der Waals surface area contributed by atoms with Crippen molar-refractivity contribution < 1.29 is 4.79 Å². The molecule has 1 aliphatic heterocycles. The predicted octanol–water partition coefficient (Wildman–Crippen LogP) is 2.03. The van der Waals surface area contributed by atoms with E-state index in [0.29, 0.717) is 11.3 Å². The second kappa shape index (κ2) is 6.18. The Bertz CT molecular complexity index is 456. The van der Waals surface area contributed by atoms with Crippen LogP contribution in [0.4, 0.5) is 5.69 Å². The minimum atomic E-state index is -0.113. The van der Waals surface area contributed by atoms with Crippen molar-refractivity contribution in [3.05, 3.63) is 29.8 Å². The monoisotopic (exact) mass is 243 g/mol. The van der Waals surface area contributed by atoms with E-state index in [2.05, 4.69) is 16.7 Å². The largest absolute Gasteiger partial charge is 0.325 e. The summed E-state index contributed by atoms with van der Waals surface area (Å²) >= 11 is 0. The van der Waals surface area contributed by atoms with Gasteiger partial charge in [0.05, 0.1) is 17.7 Å². The molecule has 4 nitrogen and oxygen atoms in total. The molecule has 1 unspecified atom stereocenters. The van der Waals surface area contributed by atoms with E-state index in [4.69, 9.17) is 5.26 Å². The van der Waals surface area contributed by atoms with E-state index in [1.54, 1.807) is 24.3 Å². The van der Waals surface area contributed by atoms with Crippen molar-refractivity contribution in [1.29, 1.82) is 5.26 Å². The summed E-state index contributed by atoms with van der Waals surface area (Å²) in [5.74, 6) is -0.00742. The van der Waals surface area contributed by atoms with Gasteiger partial charge in [0.25, 0.3) is 0 Å². The number of nitriles is 1. The Kier molecular flexibility index (Phi) is 4.32. The van der Waals surface area contributed by atoms with Gasteiger partial charge in [-0.2, -0.15) is 5.26 Å². The lowest BCUT2D eigenvalue weighted by atomic mass is 10.1. The van der Waals surface area contributed by atoms with Crippen LogP contribution in [0.2, 0.25) is 0 Å². The van der Waals surface area contributed by atoms with E-state index in [0.717, 1.165) is 25.8 Å². The van der Waals surface area contributed by atoms with Crippen LogP contribution in [0.5, 0.6) is 0 Å². The number of anilines is 1. The number of amides is 1. The highest BCUT2D eigenvalue weighted by atomic mass is 16.2. The summed E-state index contributed by atoms with van der Waals surface area (Å²) in [5, 5.41) is 14.9. The predicted molar refractivity (Wildman–Crippen MR) is 70.0 cm³/mol. The van der Waals surface area contributed by atoms with E-state index >= 15 is 0 Å². The van der Waals surface area contributed by atoms with Crippen LogP contribution in [0, 0.1) is 11.3 Å². The van der Waals surface area contributed by atoms with Crippen LogP contribution in [0.3, 0.4) is 0 Å². The van der Waals surface area contributed by atoms with E-state index in [1.165, 1.54) is 6.42 Å². The van der Waals surface area contributed by atoms with Gasteiger partial charge in [0, 0.05) is 5.69 Å². The zero-order chi connectivity index (χ0) is 12.8. The van der Waals surface area contributed by atoms with Crippen LogP contribution in [-0.2, 0) is 4.79 Å². The molecule has 1 amide bonds. The summed E-state index contributed by atoms with van der Waals surface area (Å²) in [4.78, 5) is 12.1. The molecule has 1 heterocycles. The van der Waals surface area contributed by atoms with Gasteiger partial charge < -0.3 is 10.6 Å². The SMILES string of the molecule is N#Cc1cccc(NC(=O)C2CCCCCN2)c1. The van der Waals surface area contributed by atoms with Crippen LogP contribution in [0.25, 0.3) is 0 Å². The van der Waals surface area contributed by atoms with Gasteiger partial charge in [-0.15, -0.1) is 0 Å². The Morgan fingerprint density at radius 3 is 3.11 bits per heavy atom. The normalized spacial score (nSPS) is 19.6. The molecule has 2 rings (SSSR count). The molecule has 0 spiro atoms.